The summed E-state index contributed by atoms with van der Waals surface area (Å²) >= 11 is 0. The van der Waals surface area contributed by atoms with Crippen molar-refractivity contribution in [3.8, 4) is 5.75 Å². The first-order valence-electron chi connectivity index (χ1n) is 9.51. The fourth-order valence-electron chi connectivity index (χ4n) is 4.46. The smallest absolute Gasteiger partial charge is 0.343 e. The molecule has 28 heavy (non-hydrogen) atoms. The van der Waals surface area contributed by atoms with Crippen LogP contribution in [0.25, 0.3) is 0 Å². The fourth-order valence-corrected chi connectivity index (χ4v) is 4.46. The van der Waals surface area contributed by atoms with E-state index < -0.39 is 11.4 Å². The highest BCUT2D eigenvalue weighted by molar-refractivity contribution is 6.20. The molecule has 2 bridgehead atoms. The molecule has 0 aromatic heterocycles. The minimum Gasteiger partial charge on any atom is -0.423 e. The summed E-state index contributed by atoms with van der Waals surface area (Å²) in [6.07, 6.45) is 1.44. The molecule has 4 rings (SSSR count). The van der Waals surface area contributed by atoms with Crippen LogP contribution in [0.1, 0.15) is 44.0 Å². The van der Waals surface area contributed by atoms with E-state index in [2.05, 4.69) is 0 Å². The molecule has 2 aromatic rings. The maximum Gasteiger partial charge on any atom is 0.343 e. The zero-order valence-corrected chi connectivity index (χ0v) is 16.3. The molecule has 0 unspecified atom stereocenters. The van der Waals surface area contributed by atoms with E-state index in [9.17, 15) is 14.4 Å². The summed E-state index contributed by atoms with van der Waals surface area (Å²) in [5, 5.41) is 0. The van der Waals surface area contributed by atoms with Gasteiger partial charge in [-0.05, 0) is 54.7 Å². The lowest BCUT2D eigenvalue weighted by Crippen LogP contribution is -2.59. The summed E-state index contributed by atoms with van der Waals surface area (Å²) in [7, 11) is 0. The monoisotopic (exact) mass is 377 g/mol. The largest absolute Gasteiger partial charge is 0.423 e. The normalized spacial score (nSPS) is 25.7. The number of piperidine rings is 1. The van der Waals surface area contributed by atoms with Crippen molar-refractivity contribution in [1.82, 2.24) is 0 Å². The van der Waals surface area contributed by atoms with E-state index in [1.807, 2.05) is 26.8 Å². The Morgan fingerprint density at radius 1 is 1.00 bits per heavy atom. The van der Waals surface area contributed by atoms with E-state index >= 15 is 0 Å². The van der Waals surface area contributed by atoms with Crippen LogP contribution in [-0.2, 0) is 9.59 Å². The number of carbonyl (C=O) groups is 3. The molecule has 2 aromatic carbocycles. The number of ether oxygens (including phenoxy) is 1. The van der Waals surface area contributed by atoms with Gasteiger partial charge in [0, 0.05) is 5.92 Å². The Kier molecular flexibility index (Phi) is 4.14. The Bertz CT molecular complexity index is 948. The van der Waals surface area contributed by atoms with E-state index in [0.717, 1.165) is 6.42 Å². The van der Waals surface area contributed by atoms with Gasteiger partial charge in [0.2, 0.25) is 11.8 Å². The van der Waals surface area contributed by atoms with Gasteiger partial charge in [0.15, 0.2) is 0 Å². The number of fused-ring (bicyclic) bond motifs is 2. The molecule has 1 aliphatic carbocycles. The maximum atomic E-state index is 13.2. The van der Waals surface area contributed by atoms with Crippen molar-refractivity contribution in [2.24, 2.45) is 16.7 Å². The van der Waals surface area contributed by atoms with Gasteiger partial charge in [0.25, 0.3) is 0 Å². The third kappa shape index (κ3) is 2.57. The molecule has 1 heterocycles. The van der Waals surface area contributed by atoms with Crippen LogP contribution in [0.5, 0.6) is 5.75 Å². The molecule has 2 atom stereocenters. The second-order valence-electron chi connectivity index (χ2n) is 8.37. The molecule has 0 spiro atoms. The SMILES string of the molecule is CC1(C)[C@H]2CC[C@]1(C)C(=O)N(c1ccc(C(=O)Oc3ccccc3)cc1)C2=O. The Balaban J connectivity index is 1.58. The number of carbonyl (C=O) groups excluding carboxylic acids is 3. The van der Waals surface area contributed by atoms with Gasteiger partial charge in [-0.3, -0.25) is 9.59 Å². The predicted octanol–water partition coefficient (Wildman–Crippen LogP) is 4.22. The van der Waals surface area contributed by atoms with Gasteiger partial charge in [0.05, 0.1) is 16.7 Å². The number of rotatable bonds is 3. The van der Waals surface area contributed by atoms with Crippen molar-refractivity contribution in [2.45, 2.75) is 33.6 Å². The van der Waals surface area contributed by atoms with Crippen molar-refractivity contribution >= 4 is 23.5 Å². The van der Waals surface area contributed by atoms with E-state index in [0.29, 0.717) is 23.4 Å². The Morgan fingerprint density at radius 2 is 1.64 bits per heavy atom. The number of anilines is 1. The summed E-state index contributed by atoms with van der Waals surface area (Å²) in [5.74, 6) is -0.495. The number of benzene rings is 2. The van der Waals surface area contributed by atoms with Crippen molar-refractivity contribution in [3.63, 3.8) is 0 Å². The van der Waals surface area contributed by atoms with Crippen LogP contribution in [-0.4, -0.2) is 17.8 Å². The lowest BCUT2D eigenvalue weighted by atomic mass is 9.62. The number of hydrogen-bond acceptors (Lipinski definition) is 4. The first-order valence-corrected chi connectivity index (χ1v) is 9.51. The highest BCUT2D eigenvalue weighted by atomic mass is 16.5. The quantitative estimate of drug-likeness (QED) is 0.456. The van der Waals surface area contributed by atoms with Crippen LogP contribution in [0.2, 0.25) is 0 Å². The zero-order valence-electron chi connectivity index (χ0n) is 16.3. The lowest BCUT2D eigenvalue weighted by Gasteiger charge is -2.47. The second-order valence-corrected chi connectivity index (χ2v) is 8.37. The third-order valence-corrected chi connectivity index (χ3v) is 6.73. The molecule has 5 heteroatoms. The van der Waals surface area contributed by atoms with Crippen LogP contribution in [0.4, 0.5) is 5.69 Å². The fraction of sp³-hybridized carbons (Fsp3) is 0.348. The van der Waals surface area contributed by atoms with Crippen molar-refractivity contribution in [3.05, 3.63) is 60.2 Å². The zero-order chi connectivity index (χ0) is 20.1. The Labute approximate surface area is 164 Å². The summed E-state index contributed by atoms with van der Waals surface area (Å²) < 4.78 is 5.33. The van der Waals surface area contributed by atoms with E-state index in [-0.39, 0.29) is 23.1 Å². The molecular formula is C23H23NO4. The van der Waals surface area contributed by atoms with Gasteiger partial charge in [-0.25, -0.2) is 9.69 Å². The minimum absolute atomic E-state index is 0.149. The average molecular weight is 377 g/mol. The molecule has 1 saturated heterocycles. The van der Waals surface area contributed by atoms with Gasteiger partial charge >= 0.3 is 5.97 Å². The predicted molar refractivity (Wildman–Crippen MR) is 105 cm³/mol. The van der Waals surface area contributed by atoms with Crippen molar-refractivity contribution in [1.29, 1.82) is 0 Å². The van der Waals surface area contributed by atoms with Crippen LogP contribution in [0.15, 0.2) is 54.6 Å². The van der Waals surface area contributed by atoms with Crippen LogP contribution in [0, 0.1) is 16.7 Å². The Hall–Kier alpha value is -2.95. The summed E-state index contributed by atoms with van der Waals surface area (Å²) in [6.45, 7) is 5.99. The number of hydrogen-bond donors (Lipinski definition) is 0. The minimum atomic E-state index is -0.559. The van der Waals surface area contributed by atoms with Crippen LogP contribution < -0.4 is 9.64 Å². The summed E-state index contributed by atoms with van der Waals surface area (Å²) in [4.78, 5) is 39.8. The molecule has 2 fully saturated rings. The molecule has 2 amide bonds. The van der Waals surface area contributed by atoms with Gasteiger partial charge in [-0.1, -0.05) is 39.0 Å². The summed E-state index contributed by atoms with van der Waals surface area (Å²) in [5.41, 5.74) is -0.0490. The van der Waals surface area contributed by atoms with Crippen molar-refractivity contribution in [2.75, 3.05) is 4.90 Å². The average Bonchev–Trinajstić information content (AvgIpc) is 2.86. The van der Waals surface area contributed by atoms with E-state index in [4.69, 9.17) is 4.74 Å². The molecule has 5 nitrogen and oxygen atoms in total. The van der Waals surface area contributed by atoms with Crippen molar-refractivity contribution < 1.29 is 19.1 Å². The van der Waals surface area contributed by atoms with Crippen LogP contribution in [0.3, 0.4) is 0 Å². The standard InChI is InChI=1S/C23H23NO4/c1-22(2)18-13-14-23(22,3)21(27)24(19(18)25)16-11-9-15(10-12-16)20(26)28-17-7-5-4-6-8-17/h4-12,18H,13-14H2,1-3H3/t18-,23+/m0/s1. The number of amides is 2. The second kappa shape index (κ2) is 6.30. The first kappa shape index (κ1) is 18.4. The van der Waals surface area contributed by atoms with E-state index in [1.165, 1.54) is 4.90 Å². The number of imide groups is 1. The lowest BCUT2D eigenvalue weighted by molar-refractivity contribution is -0.146. The number of esters is 1. The van der Waals surface area contributed by atoms with Gasteiger partial charge in [0.1, 0.15) is 5.75 Å². The molecule has 2 aliphatic rings. The number of nitrogens with zero attached hydrogens (tertiary/aromatic N) is 1. The maximum absolute atomic E-state index is 13.2. The third-order valence-electron chi connectivity index (χ3n) is 6.73. The molecular weight excluding hydrogens is 354 g/mol. The highest BCUT2D eigenvalue weighted by Crippen LogP contribution is 2.60. The number of para-hydroxylation sites is 1. The molecule has 1 saturated carbocycles. The topological polar surface area (TPSA) is 63.7 Å². The van der Waals surface area contributed by atoms with Gasteiger partial charge in [-0.15, -0.1) is 0 Å². The molecule has 1 aliphatic heterocycles. The van der Waals surface area contributed by atoms with Gasteiger partial charge < -0.3 is 4.74 Å². The molecule has 0 radical (unpaired) electrons. The molecule has 0 N–H and O–H groups in total. The summed E-state index contributed by atoms with van der Waals surface area (Å²) in [6, 6.07) is 15.3. The Morgan fingerprint density at radius 3 is 2.29 bits per heavy atom. The highest BCUT2D eigenvalue weighted by Gasteiger charge is 2.64. The van der Waals surface area contributed by atoms with Crippen LogP contribution >= 0.6 is 0 Å². The van der Waals surface area contributed by atoms with Gasteiger partial charge in [-0.2, -0.15) is 0 Å². The molecule has 144 valence electrons. The first-order chi connectivity index (χ1) is 13.3. The van der Waals surface area contributed by atoms with E-state index in [1.54, 1.807) is 48.5 Å².